The van der Waals surface area contributed by atoms with Gasteiger partial charge >= 0.3 is 0 Å². The zero-order chi connectivity index (χ0) is 10.3. The number of halogens is 1. The van der Waals surface area contributed by atoms with Gasteiger partial charge in [0.2, 0.25) is 0 Å². The summed E-state index contributed by atoms with van der Waals surface area (Å²) in [5.74, 6) is 0. The first-order valence-corrected chi connectivity index (χ1v) is 5.82. The largest absolute Gasteiger partial charge is 0.383 e. The maximum atomic E-state index is 11.1. The molecule has 0 aliphatic rings. The lowest BCUT2D eigenvalue weighted by Gasteiger charge is -2.06. The Labute approximate surface area is 86.9 Å². The van der Waals surface area contributed by atoms with Gasteiger partial charge in [-0.2, -0.15) is 17.9 Å². The summed E-state index contributed by atoms with van der Waals surface area (Å²) < 4.78 is 32.0. The molecular weight excluding hydrogens is 260 g/mol. The van der Waals surface area contributed by atoms with Crippen LogP contribution in [0.4, 0.5) is 0 Å². The monoisotopic (exact) mass is 272 g/mol. The van der Waals surface area contributed by atoms with Crippen LogP contribution in [-0.2, 0) is 14.9 Å². The van der Waals surface area contributed by atoms with Crippen molar-refractivity contribution in [2.75, 3.05) is 26.8 Å². The van der Waals surface area contributed by atoms with E-state index >= 15 is 0 Å². The van der Waals surface area contributed by atoms with Crippen LogP contribution in [0.15, 0.2) is 11.1 Å². The van der Waals surface area contributed by atoms with Gasteiger partial charge in [-0.25, -0.2) is 0 Å². The molecule has 0 unspecified atom stereocenters. The van der Waals surface area contributed by atoms with Crippen molar-refractivity contribution in [3.63, 3.8) is 0 Å². The predicted octanol–water partition coefficient (Wildman–Crippen LogP) is -0.0346. The van der Waals surface area contributed by atoms with E-state index in [4.69, 9.17) is 0 Å². The molecule has 5 nitrogen and oxygen atoms in total. The Balaban J connectivity index is 3.74. The molecule has 0 spiro atoms. The summed E-state index contributed by atoms with van der Waals surface area (Å²) in [6.45, 7) is 4.25. The highest BCUT2D eigenvalue weighted by Gasteiger charge is 2.06. The third-order valence-corrected chi connectivity index (χ3v) is 2.44. The first kappa shape index (κ1) is 13.1. The van der Waals surface area contributed by atoms with Gasteiger partial charge in [0, 0.05) is 24.7 Å². The molecule has 0 saturated heterocycles. The quantitative estimate of drug-likeness (QED) is 0.640. The predicted molar refractivity (Wildman–Crippen MR) is 54.9 cm³/mol. The first-order chi connectivity index (χ1) is 5.98. The molecule has 0 rings (SSSR count). The van der Waals surface area contributed by atoms with Gasteiger partial charge in [-0.1, -0.05) is 22.5 Å². The van der Waals surface area contributed by atoms with Gasteiger partial charge in [-0.05, 0) is 0 Å². The van der Waals surface area contributed by atoms with Crippen molar-refractivity contribution in [3.05, 3.63) is 11.1 Å². The fourth-order valence-corrected chi connectivity index (χ4v) is 1.65. The molecule has 0 amide bonds. The normalized spacial score (nSPS) is 11.5. The van der Waals surface area contributed by atoms with E-state index in [1.807, 2.05) is 0 Å². The number of hydrogen-bond acceptors (Lipinski definition) is 3. The number of methoxy groups -OCH3 is 1. The third-order valence-electron chi connectivity index (χ3n) is 1.05. The van der Waals surface area contributed by atoms with Gasteiger partial charge < -0.3 is 4.74 Å². The van der Waals surface area contributed by atoms with Gasteiger partial charge in [0.05, 0.1) is 6.61 Å². The third kappa shape index (κ3) is 8.38. The van der Waals surface area contributed by atoms with E-state index in [1.165, 1.54) is 7.11 Å². The number of ether oxygens (including phenoxy) is 1. The Hall–Kier alpha value is 0.0500. The molecule has 2 N–H and O–H groups in total. The standard InChI is InChI=1S/C6H13BrN2O3S/c1-6(7)5-9-13(10,11)8-3-4-12-2/h8-9H,1,3-5H2,2H3. The smallest absolute Gasteiger partial charge is 0.277 e. The summed E-state index contributed by atoms with van der Waals surface area (Å²) in [6, 6.07) is 0. The van der Waals surface area contributed by atoms with Crippen molar-refractivity contribution in [2.45, 2.75) is 0 Å². The van der Waals surface area contributed by atoms with Crippen LogP contribution in [0.3, 0.4) is 0 Å². The van der Waals surface area contributed by atoms with E-state index in [9.17, 15) is 8.42 Å². The highest BCUT2D eigenvalue weighted by atomic mass is 79.9. The van der Waals surface area contributed by atoms with Gasteiger partial charge in [-0.3, -0.25) is 0 Å². The van der Waals surface area contributed by atoms with Crippen molar-refractivity contribution in [1.82, 2.24) is 9.44 Å². The Kier molecular flexibility index (Phi) is 6.52. The van der Waals surface area contributed by atoms with Crippen molar-refractivity contribution < 1.29 is 13.2 Å². The minimum atomic E-state index is -3.42. The van der Waals surface area contributed by atoms with E-state index in [0.717, 1.165) is 0 Å². The molecule has 13 heavy (non-hydrogen) atoms. The maximum Gasteiger partial charge on any atom is 0.277 e. The van der Waals surface area contributed by atoms with E-state index in [1.54, 1.807) is 0 Å². The molecule has 0 aromatic heterocycles. The minimum absolute atomic E-state index is 0.169. The van der Waals surface area contributed by atoms with Crippen LogP contribution in [0.5, 0.6) is 0 Å². The summed E-state index contributed by atoms with van der Waals surface area (Å²) in [6.07, 6.45) is 0. The zero-order valence-corrected chi connectivity index (χ0v) is 9.74. The topological polar surface area (TPSA) is 67.4 Å². The molecule has 0 saturated carbocycles. The summed E-state index contributed by atoms with van der Waals surface area (Å²) in [7, 11) is -1.92. The van der Waals surface area contributed by atoms with E-state index in [-0.39, 0.29) is 13.1 Å². The highest BCUT2D eigenvalue weighted by Crippen LogP contribution is 1.97. The van der Waals surface area contributed by atoms with Gasteiger partial charge in [0.25, 0.3) is 10.2 Å². The van der Waals surface area contributed by atoms with Crippen LogP contribution in [0.1, 0.15) is 0 Å². The van der Waals surface area contributed by atoms with Crippen molar-refractivity contribution in [2.24, 2.45) is 0 Å². The van der Waals surface area contributed by atoms with Crippen LogP contribution in [0, 0.1) is 0 Å². The average molecular weight is 273 g/mol. The van der Waals surface area contributed by atoms with Crippen LogP contribution >= 0.6 is 15.9 Å². The van der Waals surface area contributed by atoms with Crippen LogP contribution in [0.2, 0.25) is 0 Å². The second kappa shape index (κ2) is 6.50. The molecule has 0 fully saturated rings. The summed E-state index contributed by atoms with van der Waals surface area (Å²) >= 11 is 3.04. The highest BCUT2D eigenvalue weighted by molar-refractivity contribution is 9.11. The Morgan fingerprint density at radius 2 is 2.15 bits per heavy atom. The fourth-order valence-electron chi connectivity index (χ4n) is 0.502. The molecular formula is C6H13BrN2O3S. The molecule has 0 aromatic rings. The molecule has 0 heterocycles. The van der Waals surface area contributed by atoms with Crippen LogP contribution < -0.4 is 9.44 Å². The van der Waals surface area contributed by atoms with Crippen molar-refractivity contribution in [1.29, 1.82) is 0 Å². The maximum absolute atomic E-state index is 11.1. The Morgan fingerprint density at radius 1 is 1.54 bits per heavy atom. The lowest BCUT2D eigenvalue weighted by atomic mass is 10.7. The second-order valence-corrected chi connectivity index (χ2v) is 4.93. The second-order valence-electron chi connectivity index (χ2n) is 2.23. The lowest BCUT2D eigenvalue weighted by Crippen LogP contribution is -2.38. The average Bonchev–Trinajstić information content (AvgIpc) is 2.02. The van der Waals surface area contributed by atoms with Crippen LogP contribution in [0.25, 0.3) is 0 Å². The fraction of sp³-hybridized carbons (Fsp3) is 0.667. The number of hydrogen-bond donors (Lipinski definition) is 2. The minimum Gasteiger partial charge on any atom is -0.383 e. The lowest BCUT2D eigenvalue weighted by molar-refractivity contribution is 0.204. The van der Waals surface area contributed by atoms with Crippen molar-refractivity contribution >= 4 is 26.1 Å². The summed E-state index contributed by atoms with van der Waals surface area (Å²) in [5.41, 5.74) is 0. The number of rotatable bonds is 7. The molecule has 0 atom stereocenters. The van der Waals surface area contributed by atoms with E-state index in [2.05, 4.69) is 36.7 Å². The molecule has 0 aliphatic heterocycles. The van der Waals surface area contributed by atoms with Gasteiger partial charge in [0.15, 0.2) is 0 Å². The summed E-state index contributed by atoms with van der Waals surface area (Å²) in [5, 5.41) is 0. The van der Waals surface area contributed by atoms with Crippen molar-refractivity contribution in [3.8, 4) is 0 Å². The Bertz CT molecular complexity index is 253. The van der Waals surface area contributed by atoms with Gasteiger partial charge in [-0.15, -0.1) is 0 Å². The van der Waals surface area contributed by atoms with Gasteiger partial charge in [0.1, 0.15) is 0 Å². The Morgan fingerprint density at radius 3 is 2.62 bits per heavy atom. The van der Waals surface area contributed by atoms with E-state index in [0.29, 0.717) is 11.1 Å². The van der Waals surface area contributed by atoms with E-state index < -0.39 is 10.2 Å². The molecule has 78 valence electrons. The summed E-state index contributed by atoms with van der Waals surface area (Å²) in [4.78, 5) is 0. The van der Waals surface area contributed by atoms with Crippen LogP contribution in [-0.4, -0.2) is 35.2 Å². The molecule has 0 radical (unpaired) electrons. The number of nitrogens with one attached hydrogen (secondary N) is 2. The molecule has 0 bridgehead atoms. The molecule has 0 aliphatic carbocycles. The first-order valence-electron chi connectivity index (χ1n) is 3.54. The SMILES string of the molecule is C=C(Br)CNS(=O)(=O)NCCOC. The molecule has 0 aromatic carbocycles. The zero-order valence-electron chi connectivity index (χ0n) is 7.34. The molecule has 7 heteroatoms.